The number of rotatable bonds is 9. The van der Waals surface area contributed by atoms with Gasteiger partial charge in [0.05, 0.1) is 13.2 Å². The van der Waals surface area contributed by atoms with E-state index in [-0.39, 0.29) is 30.6 Å². The van der Waals surface area contributed by atoms with Gasteiger partial charge < -0.3 is 15.0 Å². The number of ether oxygens (including phenoxy) is 1. The number of ketones is 1. The van der Waals surface area contributed by atoms with Crippen LogP contribution < -0.4 is 10.1 Å². The van der Waals surface area contributed by atoms with E-state index in [1.54, 1.807) is 7.11 Å². The highest BCUT2D eigenvalue weighted by Crippen LogP contribution is 2.23. The molecule has 0 bridgehead atoms. The number of likely N-dealkylation sites (N-methyl/N-ethyl adjacent to an activating group) is 1. The maximum absolute atomic E-state index is 12.6. The van der Waals surface area contributed by atoms with E-state index in [1.807, 2.05) is 50.5 Å². The first kappa shape index (κ1) is 22.0. The summed E-state index contributed by atoms with van der Waals surface area (Å²) in [5, 5.41) is 2.98. The highest BCUT2D eigenvalue weighted by atomic mass is 16.5. The first-order valence-electron chi connectivity index (χ1n) is 10.7. The summed E-state index contributed by atoms with van der Waals surface area (Å²) in [7, 11) is 5.62. The van der Waals surface area contributed by atoms with E-state index in [4.69, 9.17) is 4.74 Å². The Balaban J connectivity index is 1.51. The van der Waals surface area contributed by atoms with E-state index in [0.29, 0.717) is 6.54 Å². The molecule has 1 N–H and O–H groups in total. The van der Waals surface area contributed by atoms with E-state index in [0.717, 1.165) is 29.7 Å². The van der Waals surface area contributed by atoms with Crippen LogP contribution in [0, 0.1) is 0 Å². The maximum Gasteiger partial charge on any atom is 0.220 e. The zero-order valence-electron chi connectivity index (χ0n) is 18.2. The summed E-state index contributed by atoms with van der Waals surface area (Å²) in [5.41, 5.74) is 4.49. The number of nitrogens with one attached hydrogen (secondary N) is 1. The van der Waals surface area contributed by atoms with Crippen LogP contribution in [-0.2, 0) is 17.6 Å². The molecule has 1 aliphatic rings. The van der Waals surface area contributed by atoms with Gasteiger partial charge in [-0.2, -0.15) is 0 Å². The van der Waals surface area contributed by atoms with Crippen molar-refractivity contribution in [2.75, 3.05) is 27.7 Å². The number of hydrogen-bond donors (Lipinski definition) is 1. The topological polar surface area (TPSA) is 58.6 Å². The maximum atomic E-state index is 12.6. The van der Waals surface area contributed by atoms with Crippen LogP contribution in [0.5, 0.6) is 5.75 Å². The second kappa shape index (κ2) is 10.4. The lowest BCUT2D eigenvalue weighted by molar-refractivity contribution is -0.121. The molecule has 0 saturated heterocycles. The minimum atomic E-state index is -0.0957. The summed E-state index contributed by atoms with van der Waals surface area (Å²) in [5.74, 6) is 0.750. The van der Waals surface area contributed by atoms with Crippen molar-refractivity contribution in [3.05, 3.63) is 64.7 Å². The molecule has 0 aromatic heterocycles. The fraction of sp³-hybridized carbons (Fsp3) is 0.440. The quantitative estimate of drug-likeness (QED) is 0.638. The highest BCUT2D eigenvalue weighted by Gasteiger charge is 2.17. The number of Topliss-reactive ketones (excluding diaryl/α,β-unsaturated/α-hetero) is 1. The van der Waals surface area contributed by atoms with Gasteiger partial charge in [0.25, 0.3) is 0 Å². The van der Waals surface area contributed by atoms with Crippen LogP contribution in [0.3, 0.4) is 0 Å². The second-order valence-electron chi connectivity index (χ2n) is 8.17. The molecule has 0 saturated carbocycles. The normalized spacial score (nSPS) is 14.1. The Morgan fingerprint density at radius 1 is 1.00 bits per heavy atom. The molecule has 1 unspecified atom stereocenters. The molecule has 30 heavy (non-hydrogen) atoms. The lowest BCUT2D eigenvalue weighted by Gasteiger charge is -2.25. The van der Waals surface area contributed by atoms with Crippen LogP contribution >= 0.6 is 0 Å². The van der Waals surface area contributed by atoms with Crippen molar-refractivity contribution in [3.63, 3.8) is 0 Å². The number of methoxy groups -OCH3 is 1. The third-order valence-corrected chi connectivity index (χ3v) is 5.87. The monoisotopic (exact) mass is 408 g/mol. The van der Waals surface area contributed by atoms with E-state index < -0.39 is 0 Å². The van der Waals surface area contributed by atoms with Gasteiger partial charge in [-0.05, 0) is 74.7 Å². The fourth-order valence-electron chi connectivity index (χ4n) is 4.00. The zero-order valence-corrected chi connectivity index (χ0v) is 18.2. The molecular weight excluding hydrogens is 376 g/mol. The largest absolute Gasteiger partial charge is 0.497 e. The summed E-state index contributed by atoms with van der Waals surface area (Å²) in [6, 6.07) is 13.9. The highest BCUT2D eigenvalue weighted by molar-refractivity contribution is 5.98. The van der Waals surface area contributed by atoms with Gasteiger partial charge in [0.15, 0.2) is 5.78 Å². The minimum Gasteiger partial charge on any atom is -0.497 e. The molecule has 3 rings (SSSR count). The van der Waals surface area contributed by atoms with Gasteiger partial charge in [-0.25, -0.2) is 0 Å². The van der Waals surface area contributed by atoms with Crippen molar-refractivity contribution in [2.45, 2.75) is 44.6 Å². The molecule has 1 amide bonds. The summed E-state index contributed by atoms with van der Waals surface area (Å²) in [6.07, 6.45) is 5.01. The smallest absolute Gasteiger partial charge is 0.220 e. The van der Waals surface area contributed by atoms with Gasteiger partial charge in [0.2, 0.25) is 5.91 Å². The Morgan fingerprint density at radius 2 is 1.70 bits per heavy atom. The number of carbonyl (C=O) groups is 2. The van der Waals surface area contributed by atoms with Gasteiger partial charge in [-0.3, -0.25) is 9.59 Å². The van der Waals surface area contributed by atoms with Crippen molar-refractivity contribution in [2.24, 2.45) is 0 Å². The van der Waals surface area contributed by atoms with Gasteiger partial charge in [0.1, 0.15) is 5.75 Å². The van der Waals surface area contributed by atoms with Gasteiger partial charge in [-0.15, -0.1) is 0 Å². The molecule has 1 atom stereocenters. The van der Waals surface area contributed by atoms with Crippen LogP contribution in [0.25, 0.3) is 0 Å². The van der Waals surface area contributed by atoms with E-state index in [1.165, 1.54) is 24.0 Å². The number of benzene rings is 2. The molecule has 0 fully saturated rings. The van der Waals surface area contributed by atoms with Crippen LogP contribution in [-0.4, -0.2) is 44.3 Å². The van der Waals surface area contributed by atoms with Crippen molar-refractivity contribution in [3.8, 4) is 5.75 Å². The number of nitrogens with zero attached hydrogens (tertiary/aromatic N) is 1. The van der Waals surface area contributed by atoms with Crippen molar-refractivity contribution >= 4 is 11.7 Å². The summed E-state index contributed by atoms with van der Waals surface area (Å²) in [4.78, 5) is 27.0. The van der Waals surface area contributed by atoms with E-state index >= 15 is 0 Å². The van der Waals surface area contributed by atoms with Gasteiger partial charge in [0, 0.05) is 24.9 Å². The average Bonchev–Trinajstić information content (AvgIpc) is 2.77. The Labute approximate surface area is 179 Å². The molecular formula is C25H32N2O3. The van der Waals surface area contributed by atoms with Crippen molar-refractivity contribution in [1.29, 1.82) is 0 Å². The molecule has 5 heteroatoms. The van der Waals surface area contributed by atoms with Crippen molar-refractivity contribution in [1.82, 2.24) is 10.2 Å². The van der Waals surface area contributed by atoms with Crippen LogP contribution in [0.4, 0.5) is 0 Å². The van der Waals surface area contributed by atoms with Gasteiger partial charge in [-0.1, -0.05) is 24.3 Å². The lowest BCUT2D eigenvalue weighted by Crippen LogP contribution is -2.34. The predicted octanol–water partition coefficient (Wildman–Crippen LogP) is 3.96. The van der Waals surface area contributed by atoms with Gasteiger partial charge >= 0.3 is 0 Å². The summed E-state index contributed by atoms with van der Waals surface area (Å²) < 4.78 is 5.21. The van der Waals surface area contributed by atoms with Crippen LogP contribution in [0.2, 0.25) is 0 Å². The molecule has 160 valence electrons. The Bertz CT molecular complexity index is 874. The number of hydrogen-bond acceptors (Lipinski definition) is 4. The Kier molecular flexibility index (Phi) is 7.63. The summed E-state index contributed by atoms with van der Waals surface area (Å²) in [6.45, 7) is 0.491. The Morgan fingerprint density at radius 3 is 2.37 bits per heavy atom. The first-order chi connectivity index (χ1) is 14.5. The second-order valence-corrected chi connectivity index (χ2v) is 8.17. The summed E-state index contributed by atoms with van der Waals surface area (Å²) >= 11 is 0. The number of fused-ring (bicyclic) bond motifs is 1. The molecule has 0 aliphatic heterocycles. The third-order valence-electron chi connectivity index (χ3n) is 5.87. The molecule has 1 aliphatic carbocycles. The fourth-order valence-corrected chi connectivity index (χ4v) is 4.00. The number of amides is 1. The number of carbonyl (C=O) groups excluding carboxylic acids is 2. The predicted molar refractivity (Wildman–Crippen MR) is 119 cm³/mol. The third kappa shape index (κ3) is 5.70. The molecule has 2 aromatic carbocycles. The standard InChI is InChI=1S/C25H32N2O3/c1-27(2)23(19-10-12-22(30-3)13-11-19)17-26-25(29)15-14-24(28)21-9-8-18-6-4-5-7-20(18)16-21/h8-13,16,23H,4-7,14-15,17H2,1-3H3,(H,26,29). The first-order valence-corrected chi connectivity index (χ1v) is 10.7. The lowest BCUT2D eigenvalue weighted by atomic mass is 9.89. The average molecular weight is 409 g/mol. The minimum absolute atomic E-state index is 0.0397. The van der Waals surface area contributed by atoms with Crippen LogP contribution in [0.1, 0.15) is 58.8 Å². The molecule has 0 heterocycles. The SMILES string of the molecule is COc1ccc(C(CNC(=O)CCC(=O)c2ccc3c(c2)CCCC3)N(C)C)cc1. The van der Waals surface area contributed by atoms with E-state index in [2.05, 4.69) is 16.3 Å². The van der Waals surface area contributed by atoms with Crippen LogP contribution in [0.15, 0.2) is 42.5 Å². The molecule has 0 spiro atoms. The molecule has 0 radical (unpaired) electrons. The molecule has 5 nitrogen and oxygen atoms in total. The van der Waals surface area contributed by atoms with Crippen molar-refractivity contribution < 1.29 is 14.3 Å². The Hall–Kier alpha value is -2.66. The zero-order chi connectivity index (χ0) is 21.5. The number of aryl methyl sites for hydroxylation is 2. The molecule has 2 aromatic rings. The van der Waals surface area contributed by atoms with E-state index in [9.17, 15) is 9.59 Å².